The van der Waals surface area contributed by atoms with Gasteiger partial charge < -0.3 is 9.88 Å². The first-order chi connectivity index (χ1) is 12.5. The van der Waals surface area contributed by atoms with E-state index in [1.807, 2.05) is 0 Å². The normalized spacial score (nSPS) is 14.3. The molecule has 1 amide bonds. The highest BCUT2D eigenvalue weighted by molar-refractivity contribution is 9.10. The van der Waals surface area contributed by atoms with Crippen molar-refractivity contribution in [3.8, 4) is 0 Å². The van der Waals surface area contributed by atoms with Crippen LogP contribution in [0.3, 0.4) is 0 Å². The van der Waals surface area contributed by atoms with Crippen LogP contribution in [0, 0.1) is 0 Å². The fourth-order valence-electron chi connectivity index (χ4n) is 2.52. The highest BCUT2D eigenvalue weighted by Gasteiger charge is 2.25. The molecule has 140 valence electrons. The van der Waals surface area contributed by atoms with Gasteiger partial charge in [0.15, 0.2) is 0 Å². The molecule has 0 atom stereocenters. The van der Waals surface area contributed by atoms with Crippen molar-refractivity contribution < 1.29 is 13.2 Å². The van der Waals surface area contributed by atoms with Gasteiger partial charge in [-0.1, -0.05) is 22.0 Å². The number of hydrogen-bond donors (Lipinski definition) is 2. The average molecular weight is 442 g/mol. The van der Waals surface area contributed by atoms with Gasteiger partial charge in [-0.25, -0.2) is 13.1 Å². The molecule has 0 spiro atoms. The Morgan fingerprint density at radius 2 is 2.12 bits per heavy atom. The number of amides is 1. The smallest absolute Gasteiger partial charge is 0.240 e. The summed E-state index contributed by atoms with van der Waals surface area (Å²) in [6.45, 7) is 0.488. The molecule has 0 radical (unpaired) electrons. The van der Waals surface area contributed by atoms with Crippen molar-refractivity contribution in [2.75, 3.05) is 13.1 Å². The molecule has 1 saturated carbocycles. The fourth-order valence-corrected chi connectivity index (χ4v) is 4.15. The van der Waals surface area contributed by atoms with Gasteiger partial charge >= 0.3 is 0 Å². The standard InChI is InChI=1S/C16H20BrN5O3S/c17-12-2-1-3-14(10-12)26(24,25)20-9-7-16(23)18-8-6-15-21-19-11-22(15)13-4-5-13/h1-3,10-11,13,20H,4-9H2,(H,18,23). The van der Waals surface area contributed by atoms with Crippen molar-refractivity contribution in [2.45, 2.75) is 36.6 Å². The predicted octanol–water partition coefficient (Wildman–Crippen LogP) is 1.40. The summed E-state index contributed by atoms with van der Waals surface area (Å²) in [4.78, 5) is 12.0. The lowest BCUT2D eigenvalue weighted by Crippen LogP contribution is -2.32. The maximum Gasteiger partial charge on any atom is 0.240 e. The number of nitrogens with one attached hydrogen (secondary N) is 2. The number of carbonyl (C=O) groups is 1. The summed E-state index contributed by atoms with van der Waals surface area (Å²) in [5.41, 5.74) is 0. The number of benzene rings is 1. The van der Waals surface area contributed by atoms with Crippen LogP contribution in [0.15, 0.2) is 40.0 Å². The van der Waals surface area contributed by atoms with E-state index in [0.717, 1.165) is 18.7 Å². The molecule has 1 aliphatic carbocycles. The lowest BCUT2D eigenvalue weighted by molar-refractivity contribution is -0.120. The number of aromatic nitrogens is 3. The van der Waals surface area contributed by atoms with E-state index in [1.54, 1.807) is 18.5 Å². The van der Waals surface area contributed by atoms with Gasteiger partial charge in [-0.2, -0.15) is 0 Å². The van der Waals surface area contributed by atoms with Gasteiger partial charge in [0.25, 0.3) is 0 Å². The molecule has 8 nitrogen and oxygen atoms in total. The Hall–Kier alpha value is -1.78. The Bertz CT molecular complexity index is 880. The molecule has 0 bridgehead atoms. The second kappa shape index (κ2) is 8.28. The number of nitrogens with zero attached hydrogens (tertiary/aromatic N) is 3. The number of halogens is 1. The SMILES string of the molecule is O=C(CCNS(=O)(=O)c1cccc(Br)c1)NCCc1nncn1C1CC1. The number of rotatable bonds is 9. The topological polar surface area (TPSA) is 106 Å². The molecule has 0 saturated heterocycles. The molecule has 0 unspecified atom stereocenters. The summed E-state index contributed by atoms with van der Waals surface area (Å²) in [6, 6.07) is 6.91. The summed E-state index contributed by atoms with van der Waals surface area (Å²) < 4.78 is 29.5. The number of hydrogen-bond acceptors (Lipinski definition) is 5. The van der Waals surface area contributed by atoms with Crippen LogP contribution in [0.1, 0.15) is 31.1 Å². The van der Waals surface area contributed by atoms with E-state index >= 15 is 0 Å². The van der Waals surface area contributed by atoms with E-state index in [1.165, 1.54) is 12.1 Å². The van der Waals surface area contributed by atoms with Gasteiger partial charge in [0, 0.05) is 36.4 Å². The van der Waals surface area contributed by atoms with E-state index in [0.29, 0.717) is 23.5 Å². The Morgan fingerprint density at radius 1 is 1.31 bits per heavy atom. The van der Waals surface area contributed by atoms with Crippen molar-refractivity contribution in [2.24, 2.45) is 0 Å². The van der Waals surface area contributed by atoms with Gasteiger partial charge in [-0.05, 0) is 31.0 Å². The zero-order valence-corrected chi connectivity index (χ0v) is 16.5. The van der Waals surface area contributed by atoms with Crippen molar-refractivity contribution in [3.05, 3.63) is 40.9 Å². The van der Waals surface area contributed by atoms with Crippen LogP contribution in [0.4, 0.5) is 0 Å². The predicted molar refractivity (Wildman–Crippen MR) is 99.0 cm³/mol. The minimum Gasteiger partial charge on any atom is -0.356 e. The Kier molecular flexibility index (Phi) is 6.05. The van der Waals surface area contributed by atoms with Crippen molar-refractivity contribution >= 4 is 31.9 Å². The highest BCUT2D eigenvalue weighted by Crippen LogP contribution is 2.35. The second-order valence-electron chi connectivity index (χ2n) is 6.09. The maximum atomic E-state index is 12.2. The van der Waals surface area contributed by atoms with Crippen molar-refractivity contribution in [1.82, 2.24) is 24.8 Å². The molecule has 2 N–H and O–H groups in total. The van der Waals surface area contributed by atoms with Crippen LogP contribution in [0.25, 0.3) is 0 Å². The van der Waals surface area contributed by atoms with E-state index in [-0.39, 0.29) is 23.8 Å². The second-order valence-corrected chi connectivity index (χ2v) is 8.77. The molecular weight excluding hydrogens is 422 g/mol. The molecular formula is C16H20BrN5O3S. The molecule has 10 heteroatoms. The third-order valence-electron chi connectivity index (χ3n) is 4.01. The molecule has 1 aliphatic rings. The van der Waals surface area contributed by atoms with Crippen LogP contribution in [-0.2, 0) is 21.2 Å². The van der Waals surface area contributed by atoms with Crippen LogP contribution >= 0.6 is 15.9 Å². The van der Waals surface area contributed by atoms with E-state index in [4.69, 9.17) is 0 Å². The first-order valence-electron chi connectivity index (χ1n) is 8.36. The summed E-state index contributed by atoms with van der Waals surface area (Å²) in [5, 5.41) is 10.8. The fraction of sp³-hybridized carbons (Fsp3) is 0.438. The van der Waals surface area contributed by atoms with Crippen LogP contribution in [0.5, 0.6) is 0 Å². The maximum absolute atomic E-state index is 12.2. The third kappa shape index (κ3) is 5.12. The minimum atomic E-state index is -3.62. The largest absolute Gasteiger partial charge is 0.356 e. The third-order valence-corrected chi connectivity index (χ3v) is 5.96. The van der Waals surface area contributed by atoms with E-state index in [2.05, 4.69) is 40.7 Å². The van der Waals surface area contributed by atoms with Gasteiger partial charge in [0.05, 0.1) is 4.90 Å². The molecule has 0 aliphatic heterocycles. The van der Waals surface area contributed by atoms with Gasteiger partial charge in [-0.15, -0.1) is 10.2 Å². The summed E-state index contributed by atoms with van der Waals surface area (Å²) in [5.74, 6) is 0.655. The number of sulfonamides is 1. The minimum absolute atomic E-state index is 0.0406. The first kappa shape index (κ1) is 19.0. The Morgan fingerprint density at radius 3 is 2.85 bits per heavy atom. The molecule has 2 aromatic rings. The zero-order valence-electron chi connectivity index (χ0n) is 14.1. The van der Waals surface area contributed by atoms with E-state index < -0.39 is 10.0 Å². The Labute approximate surface area is 160 Å². The zero-order chi connectivity index (χ0) is 18.6. The van der Waals surface area contributed by atoms with E-state index in [9.17, 15) is 13.2 Å². The van der Waals surface area contributed by atoms with Crippen molar-refractivity contribution in [3.63, 3.8) is 0 Å². The van der Waals surface area contributed by atoms with Gasteiger partial charge in [0.1, 0.15) is 12.2 Å². The molecule has 26 heavy (non-hydrogen) atoms. The Balaban J connectivity index is 1.39. The lowest BCUT2D eigenvalue weighted by atomic mass is 10.3. The average Bonchev–Trinajstić information content (AvgIpc) is 3.34. The molecule has 1 aromatic heterocycles. The summed E-state index contributed by atoms with van der Waals surface area (Å²) in [6.07, 6.45) is 4.70. The van der Waals surface area contributed by atoms with Crippen LogP contribution in [0.2, 0.25) is 0 Å². The summed E-state index contributed by atoms with van der Waals surface area (Å²) >= 11 is 3.24. The quantitative estimate of drug-likeness (QED) is 0.611. The van der Waals surface area contributed by atoms with Crippen molar-refractivity contribution in [1.29, 1.82) is 0 Å². The molecule has 1 heterocycles. The number of carbonyl (C=O) groups excluding carboxylic acids is 1. The molecule has 1 fully saturated rings. The van der Waals surface area contributed by atoms with Crippen LogP contribution in [-0.4, -0.2) is 42.2 Å². The highest BCUT2D eigenvalue weighted by atomic mass is 79.9. The van der Waals surface area contributed by atoms with Gasteiger partial charge in [-0.3, -0.25) is 4.79 Å². The molecule has 1 aromatic carbocycles. The lowest BCUT2D eigenvalue weighted by Gasteiger charge is -2.08. The first-order valence-corrected chi connectivity index (χ1v) is 10.6. The monoisotopic (exact) mass is 441 g/mol. The summed E-state index contributed by atoms with van der Waals surface area (Å²) in [7, 11) is -3.62. The van der Waals surface area contributed by atoms with Crippen LogP contribution < -0.4 is 10.0 Å². The van der Waals surface area contributed by atoms with Gasteiger partial charge in [0.2, 0.25) is 15.9 Å². The molecule has 3 rings (SSSR count).